The maximum Gasteiger partial charge on any atom is 0.122 e. The van der Waals surface area contributed by atoms with Crippen LogP contribution in [-0.4, -0.2) is 16.8 Å². The summed E-state index contributed by atoms with van der Waals surface area (Å²) in [6, 6.07) is 8.56. The Hall–Kier alpha value is -1.29. The van der Waals surface area contributed by atoms with Crippen LogP contribution in [0, 0.1) is 0 Å². The third-order valence-electron chi connectivity index (χ3n) is 2.56. The van der Waals surface area contributed by atoms with Crippen molar-refractivity contribution in [1.82, 2.24) is 0 Å². The predicted molar refractivity (Wildman–Crippen MR) is 64.6 cm³/mol. The molecule has 0 amide bonds. The van der Waals surface area contributed by atoms with Gasteiger partial charge in [-0.3, -0.25) is 0 Å². The van der Waals surface area contributed by atoms with Gasteiger partial charge in [0, 0.05) is 17.1 Å². The molecule has 1 unspecified atom stereocenters. The number of aliphatic hydroxyl groups excluding tert-OH is 1. The van der Waals surface area contributed by atoms with E-state index in [4.69, 9.17) is 17.3 Å². The van der Waals surface area contributed by atoms with Crippen LogP contribution < -0.4 is 5.73 Å². The summed E-state index contributed by atoms with van der Waals surface area (Å²) in [6.45, 7) is 0.0648. The average molecular weight is 238 g/mol. The van der Waals surface area contributed by atoms with Gasteiger partial charge in [0.25, 0.3) is 0 Å². The number of hydrogen-bond donors (Lipinski definition) is 3. The Morgan fingerprint density at radius 2 is 2.00 bits per heavy atom. The second-order valence-electron chi connectivity index (χ2n) is 3.62. The van der Waals surface area contributed by atoms with Crippen molar-refractivity contribution >= 4 is 22.4 Å². The maximum absolute atomic E-state index is 9.76. The summed E-state index contributed by atoms with van der Waals surface area (Å²) in [5.41, 5.74) is 5.86. The molecule has 0 radical (unpaired) electrons. The van der Waals surface area contributed by atoms with Crippen molar-refractivity contribution in [2.24, 2.45) is 5.73 Å². The summed E-state index contributed by atoms with van der Waals surface area (Å²) in [6.07, 6.45) is -0.870. The van der Waals surface area contributed by atoms with Crippen LogP contribution in [-0.2, 0) is 0 Å². The zero-order valence-electron chi connectivity index (χ0n) is 8.52. The molecule has 2 aromatic carbocycles. The molecule has 2 aromatic rings. The standard InChI is InChI=1S/C12H12ClNO2/c13-8-2-3-9-7(5-8)1-4-10(15)12(9)11(16)6-14/h1-5,11,15-16H,6,14H2. The molecular formula is C12H12ClNO2. The number of aromatic hydroxyl groups is 1. The number of phenols is 1. The van der Waals surface area contributed by atoms with Gasteiger partial charge >= 0.3 is 0 Å². The number of aliphatic hydroxyl groups is 1. The second kappa shape index (κ2) is 4.29. The first-order valence-electron chi connectivity index (χ1n) is 4.92. The molecule has 4 N–H and O–H groups in total. The van der Waals surface area contributed by atoms with Crippen molar-refractivity contribution < 1.29 is 10.2 Å². The Labute approximate surface area is 98.1 Å². The van der Waals surface area contributed by atoms with Gasteiger partial charge in [-0.25, -0.2) is 0 Å². The number of halogens is 1. The molecule has 16 heavy (non-hydrogen) atoms. The fraction of sp³-hybridized carbons (Fsp3) is 0.167. The smallest absolute Gasteiger partial charge is 0.122 e. The monoisotopic (exact) mass is 237 g/mol. The van der Waals surface area contributed by atoms with Crippen LogP contribution in [0.2, 0.25) is 5.02 Å². The number of benzene rings is 2. The second-order valence-corrected chi connectivity index (χ2v) is 4.05. The first-order chi connectivity index (χ1) is 7.63. The van der Waals surface area contributed by atoms with E-state index in [1.807, 2.05) is 0 Å². The molecule has 0 bridgehead atoms. The first kappa shape index (κ1) is 11.2. The van der Waals surface area contributed by atoms with Crippen LogP contribution in [0.5, 0.6) is 5.75 Å². The number of phenolic OH excluding ortho intramolecular Hbond substituents is 1. The van der Waals surface area contributed by atoms with E-state index in [1.165, 1.54) is 6.07 Å². The maximum atomic E-state index is 9.76. The fourth-order valence-corrected chi connectivity index (χ4v) is 1.96. The van der Waals surface area contributed by atoms with Gasteiger partial charge in [-0.05, 0) is 29.0 Å². The molecule has 3 nitrogen and oxygen atoms in total. The van der Waals surface area contributed by atoms with Gasteiger partial charge in [-0.15, -0.1) is 0 Å². The highest BCUT2D eigenvalue weighted by molar-refractivity contribution is 6.31. The molecule has 0 saturated heterocycles. The summed E-state index contributed by atoms with van der Waals surface area (Å²) < 4.78 is 0. The van der Waals surface area contributed by atoms with Crippen LogP contribution in [0.1, 0.15) is 11.7 Å². The van der Waals surface area contributed by atoms with Gasteiger partial charge in [0.1, 0.15) is 5.75 Å². The molecule has 4 heteroatoms. The third-order valence-corrected chi connectivity index (χ3v) is 2.79. The summed E-state index contributed by atoms with van der Waals surface area (Å²) in [5, 5.41) is 21.7. The van der Waals surface area contributed by atoms with Crippen LogP contribution >= 0.6 is 11.6 Å². The summed E-state index contributed by atoms with van der Waals surface area (Å²) in [4.78, 5) is 0. The molecule has 84 valence electrons. The van der Waals surface area contributed by atoms with E-state index in [-0.39, 0.29) is 12.3 Å². The lowest BCUT2D eigenvalue weighted by Gasteiger charge is -2.13. The molecule has 2 rings (SSSR count). The minimum Gasteiger partial charge on any atom is -0.508 e. The van der Waals surface area contributed by atoms with Crippen LogP contribution in [0.15, 0.2) is 30.3 Å². The van der Waals surface area contributed by atoms with E-state index >= 15 is 0 Å². The number of fused-ring (bicyclic) bond motifs is 1. The van der Waals surface area contributed by atoms with Crippen LogP contribution in [0.4, 0.5) is 0 Å². The highest BCUT2D eigenvalue weighted by Crippen LogP contribution is 2.33. The van der Waals surface area contributed by atoms with Gasteiger partial charge in [0.2, 0.25) is 0 Å². The van der Waals surface area contributed by atoms with E-state index in [2.05, 4.69) is 0 Å². The van der Waals surface area contributed by atoms with Gasteiger partial charge in [0.15, 0.2) is 0 Å². The Morgan fingerprint density at radius 3 is 2.69 bits per heavy atom. The quantitative estimate of drug-likeness (QED) is 0.750. The highest BCUT2D eigenvalue weighted by Gasteiger charge is 2.14. The summed E-state index contributed by atoms with van der Waals surface area (Å²) in [5.74, 6) is 0.0489. The van der Waals surface area contributed by atoms with Crippen molar-refractivity contribution in [2.75, 3.05) is 6.54 Å². The molecule has 1 atom stereocenters. The van der Waals surface area contributed by atoms with Gasteiger partial charge in [0.05, 0.1) is 6.10 Å². The summed E-state index contributed by atoms with van der Waals surface area (Å²) in [7, 11) is 0. The fourth-order valence-electron chi connectivity index (χ4n) is 1.78. The molecule has 0 aliphatic heterocycles. The lowest BCUT2D eigenvalue weighted by Crippen LogP contribution is -2.12. The molecule has 0 aromatic heterocycles. The van der Waals surface area contributed by atoms with Gasteiger partial charge in [-0.2, -0.15) is 0 Å². The number of nitrogens with two attached hydrogens (primary N) is 1. The number of rotatable bonds is 2. The van der Waals surface area contributed by atoms with E-state index in [0.29, 0.717) is 10.6 Å². The van der Waals surface area contributed by atoms with Crippen molar-refractivity contribution in [1.29, 1.82) is 0 Å². The molecule has 0 saturated carbocycles. The third kappa shape index (κ3) is 1.85. The van der Waals surface area contributed by atoms with Crippen molar-refractivity contribution in [3.63, 3.8) is 0 Å². The van der Waals surface area contributed by atoms with Crippen molar-refractivity contribution in [3.05, 3.63) is 40.9 Å². The van der Waals surface area contributed by atoms with Crippen molar-refractivity contribution in [2.45, 2.75) is 6.10 Å². The first-order valence-corrected chi connectivity index (χ1v) is 5.30. The van der Waals surface area contributed by atoms with E-state index in [9.17, 15) is 10.2 Å². The summed E-state index contributed by atoms with van der Waals surface area (Å²) >= 11 is 5.87. The predicted octanol–water partition coefficient (Wildman–Crippen LogP) is 2.19. The minimum atomic E-state index is -0.870. The highest BCUT2D eigenvalue weighted by atomic mass is 35.5. The molecule has 0 aliphatic rings. The molecule has 0 heterocycles. The topological polar surface area (TPSA) is 66.5 Å². The van der Waals surface area contributed by atoms with Gasteiger partial charge in [-0.1, -0.05) is 23.7 Å². The van der Waals surface area contributed by atoms with Crippen molar-refractivity contribution in [3.8, 4) is 5.75 Å². The molecule has 0 spiro atoms. The average Bonchev–Trinajstić information content (AvgIpc) is 2.28. The Morgan fingerprint density at radius 1 is 1.25 bits per heavy atom. The largest absolute Gasteiger partial charge is 0.508 e. The normalized spacial score (nSPS) is 12.9. The zero-order chi connectivity index (χ0) is 11.7. The van der Waals surface area contributed by atoms with Crippen LogP contribution in [0.3, 0.4) is 0 Å². The van der Waals surface area contributed by atoms with E-state index < -0.39 is 6.10 Å². The molecule has 0 aliphatic carbocycles. The lowest BCUT2D eigenvalue weighted by atomic mass is 9.99. The SMILES string of the molecule is NCC(O)c1c(O)ccc2cc(Cl)ccc12. The zero-order valence-corrected chi connectivity index (χ0v) is 9.28. The molecule has 0 fully saturated rings. The Kier molecular flexibility index (Phi) is 3.01. The minimum absolute atomic E-state index is 0.0489. The van der Waals surface area contributed by atoms with Crippen LogP contribution in [0.25, 0.3) is 10.8 Å². The lowest BCUT2D eigenvalue weighted by molar-refractivity contribution is 0.184. The number of hydrogen-bond acceptors (Lipinski definition) is 3. The van der Waals surface area contributed by atoms with E-state index in [1.54, 1.807) is 24.3 Å². The van der Waals surface area contributed by atoms with Gasteiger partial charge < -0.3 is 15.9 Å². The van der Waals surface area contributed by atoms with E-state index in [0.717, 1.165) is 10.8 Å². The Bertz CT molecular complexity index is 528. The Balaban J connectivity index is 2.74. The molecular weight excluding hydrogens is 226 g/mol.